The lowest BCUT2D eigenvalue weighted by molar-refractivity contribution is 0.0696. The summed E-state index contributed by atoms with van der Waals surface area (Å²) in [5.41, 5.74) is 5.21. The monoisotopic (exact) mass is 442 g/mol. The second-order valence-electron chi connectivity index (χ2n) is 7.98. The Bertz CT molecular complexity index is 1400. The number of rotatable bonds is 7. The van der Waals surface area contributed by atoms with Gasteiger partial charge >= 0.3 is 5.97 Å². The van der Waals surface area contributed by atoms with Crippen LogP contribution in [-0.4, -0.2) is 50.7 Å². The van der Waals surface area contributed by atoms with Crippen LogP contribution >= 0.6 is 0 Å². The molecule has 0 unspecified atom stereocenters. The van der Waals surface area contributed by atoms with Crippen molar-refractivity contribution in [2.75, 3.05) is 13.2 Å². The Morgan fingerprint density at radius 2 is 1.94 bits per heavy atom. The van der Waals surface area contributed by atoms with Crippen LogP contribution < -0.4 is 0 Å². The van der Waals surface area contributed by atoms with E-state index in [4.69, 9.17) is 9.84 Å². The number of carbonyl (C=O) groups is 2. The van der Waals surface area contributed by atoms with E-state index in [1.807, 2.05) is 31.3 Å². The number of aromatic carboxylic acids is 1. The first kappa shape index (κ1) is 20.7. The third-order valence-corrected chi connectivity index (χ3v) is 5.74. The first-order valence-electron chi connectivity index (χ1n) is 10.7. The molecule has 2 aromatic carbocycles. The lowest BCUT2D eigenvalue weighted by atomic mass is 10.0. The second-order valence-corrected chi connectivity index (χ2v) is 7.98. The zero-order chi connectivity index (χ0) is 22.9. The maximum Gasteiger partial charge on any atom is 0.335 e. The number of aromatic amines is 1. The van der Waals surface area contributed by atoms with Crippen molar-refractivity contribution >= 4 is 28.6 Å². The number of aromatic nitrogens is 3. The minimum Gasteiger partial charge on any atom is -0.478 e. The van der Waals surface area contributed by atoms with Crippen LogP contribution in [0, 0.1) is 0 Å². The fourth-order valence-electron chi connectivity index (χ4n) is 3.98. The predicted octanol–water partition coefficient (Wildman–Crippen LogP) is 3.86. The molecule has 0 saturated heterocycles. The summed E-state index contributed by atoms with van der Waals surface area (Å²) in [4.78, 5) is 31.4. The van der Waals surface area contributed by atoms with Gasteiger partial charge in [-0.15, -0.1) is 0 Å². The van der Waals surface area contributed by atoms with Crippen LogP contribution in [0.2, 0.25) is 0 Å². The minimum atomic E-state index is -0.965. The van der Waals surface area contributed by atoms with Crippen molar-refractivity contribution in [3.8, 4) is 11.3 Å². The standard InChI is InChI=1S/C25H22N4O4/c1-29-22(17-7-8-19-18(12-17)13-21(27-19)24-26-10-11-33-24)14-20(28-29)23(30)9-4-15-2-5-16(6-3-15)25(31)32/h2-3,5-8,12-14,27H,4,9-11H2,1H3,(H,31,32). The summed E-state index contributed by atoms with van der Waals surface area (Å²) in [5.74, 6) is -0.382. The van der Waals surface area contributed by atoms with E-state index in [1.54, 1.807) is 28.9 Å². The van der Waals surface area contributed by atoms with Crippen LogP contribution in [0.15, 0.2) is 59.6 Å². The minimum absolute atomic E-state index is 0.0550. The Hall–Kier alpha value is -4.20. The van der Waals surface area contributed by atoms with Crippen LogP contribution in [0.1, 0.15) is 38.5 Å². The summed E-state index contributed by atoms with van der Waals surface area (Å²) >= 11 is 0. The van der Waals surface area contributed by atoms with Gasteiger partial charge in [0.15, 0.2) is 5.78 Å². The van der Waals surface area contributed by atoms with Crippen molar-refractivity contribution in [2.24, 2.45) is 12.0 Å². The zero-order valence-electron chi connectivity index (χ0n) is 18.0. The summed E-state index contributed by atoms with van der Waals surface area (Å²) < 4.78 is 7.26. The number of aryl methyl sites for hydroxylation is 2. The number of aliphatic imine (C=N–C) groups is 1. The number of ether oxygens (including phenoxy) is 1. The van der Waals surface area contributed by atoms with Gasteiger partial charge in [-0.25, -0.2) is 9.79 Å². The summed E-state index contributed by atoms with van der Waals surface area (Å²) in [6.07, 6.45) is 0.819. The summed E-state index contributed by atoms with van der Waals surface area (Å²) in [6, 6.07) is 16.5. The lowest BCUT2D eigenvalue weighted by Crippen LogP contribution is -2.03. The van der Waals surface area contributed by atoms with Gasteiger partial charge in [0.2, 0.25) is 5.90 Å². The molecule has 0 spiro atoms. The number of H-pyrrole nitrogens is 1. The molecule has 0 atom stereocenters. The van der Waals surface area contributed by atoms with Gasteiger partial charge in [0.1, 0.15) is 18.0 Å². The molecule has 1 aliphatic rings. The van der Waals surface area contributed by atoms with Crippen LogP contribution in [0.4, 0.5) is 0 Å². The van der Waals surface area contributed by atoms with E-state index in [-0.39, 0.29) is 11.3 Å². The largest absolute Gasteiger partial charge is 0.478 e. The number of ketones is 1. The van der Waals surface area contributed by atoms with Gasteiger partial charge in [0, 0.05) is 29.9 Å². The van der Waals surface area contributed by atoms with E-state index in [9.17, 15) is 9.59 Å². The molecule has 0 aliphatic carbocycles. The smallest absolute Gasteiger partial charge is 0.335 e. The third kappa shape index (κ3) is 4.15. The summed E-state index contributed by atoms with van der Waals surface area (Å²) in [6.45, 7) is 1.28. The quantitative estimate of drug-likeness (QED) is 0.423. The second kappa shape index (κ2) is 8.38. The number of hydrogen-bond donors (Lipinski definition) is 2. The number of nitrogens with one attached hydrogen (secondary N) is 1. The van der Waals surface area contributed by atoms with Gasteiger partial charge in [-0.05, 0) is 48.4 Å². The Balaban J connectivity index is 1.32. The third-order valence-electron chi connectivity index (χ3n) is 5.74. The zero-order valence-corrected chi connectivity index (χ0v) is 18.0. The molecular formula is C25H22N4O4. The van der Waals surface area contributed by atoms with E-state index < -0.39 is 5.97 Å². The molecule has 0 amide bonds. The molecule has 5 rings (SSSR count). The van der Waals surface area contributed by atoms with Gasteiger partial charge in [-0.1, -0.05) is 18.2 Å². The molecule has 166 valence electrons. The number of carboxylic acid groups (broad SMARTS) is 1. The number of fused-ring (bicyclic) bond motifs is 1. The molecule has 8 nitrogen and oxygen atoms in total. The van der Waals surface area contributed by atoms with E-state index in [1.165, 1.54) is 0 Å². The highest BCUT2D eigenvalue weighted by molar-refractivity contribution is 5.99. The van der Waals surface area contributed by atoms with Crippen molar-refractivity contribution in [2.45, 2.75) is 12.8 Å². The lowest BCUT2D eigenvalue weighted by Gasteiger charge is -2.01. The summed E-state index contributed by atoms with van der Waals surface area (Å²) in [5, 5.41) is 14.5. The van der Waals surface area contributed by atoms with Gasteiger partial charge in [0.25, 0.3) is 0 Å². The van der Waals surface area contributed by atoms with E-state index in [2.05, 4.69) is 21.1 Å². The van der Waals surface area contributed by atoms with Crippen LogP contribution in [0.5, 0.6) is 0 Å². The average Bonchev–Trinajstić information content (AvgIpc) is 3.56. The Labute approximate surface area is 189 Å². The number of hydrogen-bond acceptors (Lipinski definition) is 5. The molecule has 2 aromatic heterocycles. The van der Waals surface area contributed by atoms with Crippen molar-refractivity contribution in [3.05, 3.63) is 77.1 Å². The molecule has 0 bridgehead atoms. The van der Waals surface area contributed by atoms with Crippen molar-refractivity contribution in [1.82, 2.24) is 14.8 Å². The average molecular weight is 442 g/mol. The van der Waals surface area contributed by atoms with Crippen LogP contribution in [0.25, 0.3) is 22.2 Å². The first-order valence-corrected chi connectivity index (χ1v) is 10.7. The predicted molar refractivity (Wildman–Crippen MR) is 124 cm³/mol. The van der Waals surface area contributed by atoms with Crippen molar-refractivity contribution < 1.29 is 19.4 Å². The number of nitrogens with zero attached hydrogens (tertiary/aromatic N) is 3. The van der Waals surface area contributed by atoms with E-state index >= 15 is 0 Å². The molecule has 0 radical (unpaired) electrons. The normalized spacial score (nSPS) is 13.2. The van der Waals surface area contributed by atoms with Gasteiger partial charge in [0.05, 0.1) is 17.8 Å². The molecular weight excluding hydrogens is 420 g/mol. The highest BCUT2D eigenvalue weighted by Crippen LogP contribution is 2.26. The fraction of sp³-hybridized carbons (Fsp3) is 0.200. The Kier molecular flexibility index (Phi) is 5.26. The molecule has 0 saturated carbocycles. The van der Waals surface area contributed by atoms with Crippen molar-refractivity contribution in [3.63, 3.8) is 0 Å². The number of carbonyl (C=O) groups excluding carboxylic acids is 1. The molecule has 4 aromatic rings. The molecule has 3 heterocycles. The van der Waals surface area contributed by atoms with Gasteiger partial charge < -0.3 is 14.8 Å². The highest BCUT2D eigenvalue weighted by atomic mass is 16.5. The van der Waals surface area contributed by atoms with Crippen LogP contribution in [-0.2, 0) is 18.2 Å². The Morgan fingerprint density at radius 1 is 1.12 bits per heavy atom. The van der Waals surface area contributed by atoms with E-state index in [0.29, 0.717) is 37.6 Å². The van der Waals surface area contributed by atoms with Crippen LogP contribution in [0.3, 0.4) is 0 Å². The number of Topliss-reactive ketones (excluding diaryl/α,β-unsaturated/α-hetero) is 1. The number of carboxylic acids is 1. The molecule has 33 heavy (non-hydrogen) atoms. The molecule has 2 N–H and O–H groups in total. The highest BCUT2D eigenvalue weighted by Gasteiger charge is 2.16. The number of benzene rings is 2. The van der Waals surface area contributed by atoms with Gasteiger partial charge in [-0.3, -0.25) is 9.48 Å². The van der Waals surface area contributed by atoms with E-state index in [0.717, 1.165) is 33.4 Å². The molecule has 1 aliphatic heterocycles. The fourth-order valence-corrected chi connectivity index (χ4v) is 3.98. The Morgan fingerprint density at radius 3 is 2.67 bits per heavy atom. The van der Waals surface area contributed by atoms with Gasteiger partial charge in [-0.2, -0.15) is 5.10 Å². The summed E-state index contributed by atoms with van der Waals surface area (Å²) in [7, 11) is 1.82. The first-order chi connectivity index (χ1) is 16.0. The van der Waals surface area contributed by atoms with Crippen molar-refractivity contribution in [1.29, 1.82) is 0 Å². The molecule has 0 fully saturated rings. The maximum atomic E-state index is 12.8. The maximum absolute atomic E-state index is 12.8. The SMILES string of the molecule is Cn1nc(C(=O)CCc2ccc(C(=O)O)cc2)cc1-c1ccc2[nH]c(C3=NCCO3)cc2c1. The topological polar surface area (TPSA) is 110 Å². The molecule has 8 heteroatoms.